The van der Waals surface area contributed by atoms with Crippen LogP contribution in [0.25, 0.3) is 0 Å². The first-order valence-corrected chi connectivity index (χ1v) is 22.8. The second kappa shape index (κ2) is 16.1. The largest absolute Gasteiger partial charge is 0.405 e. The molecule has 53 heavy (non-hydrogen) atoms. The van der Waals surface area contributed by atoms with Crippen LogP contribution in [0.15, 0.2) is 152 Å². The first-order chi connectivity index (χ1) is 25.4. The number of benzene rings is 5. The molecule has 1 saturated heterocycles. The Bertz CT molecular complexity index is 1820. The molecule has 1 amide bonds. The van der Waals surface area contributed by atoms with E-state index in [1.807, 2.05) is 30.1 Å². The van der Waals surface area contributed by atoms with Gasteiger partial charge in [-0.3, -0.25) is 4.79 Å². The number of rotatable bonds is 11. The van der Waals surface area contributed by atoms with Gasteiger partial charge < -0.3 is 19.1 Å². The normalized spacial score (nSPS) is 18.8. The lowest BCUT2D eigenvalue weighted by Crippen LogP contribution is -2.70. The third-order valence-corrected chi connectivity index (χ3v) is 21.1. The molecule has 1 aliphatic rings. The minimum absolute atomic E-state index is 0.0541. The van der Waals surface area contributed by atoms with E-state index in [0.717, 1.165) is 5.56 Å². The molecule has 276 valence electrons. The van der Waals surface area contributed by atoms with Gasteiger partial charge in [-0.1, -0.05) is 193 Å². The number of hydrogen-bond acceptors (Lipinski definition) is 4. The number of hydrogen-bond donors (Lipinski definition) is 1. The van der Waals surface area contributed by atoms with E-state index in [9.17, 15) is 4.79 Å². The summed E-state index contributed by atoms with van der Waals surface area (Å²) in [5.74, 6) is 0.0541. The molecule has 3 atom stereocenters. The van der Waals surface area contributed by atoms with Crippen LogP contribution < -0.4 is 26.1 Å². The minimum atomic E-state index is -3.01. The Morgan fingerprint density at radius 2 is 0.981 bits per heavy atom. The summed E-state index contributed by atoms with van der Waals surface area (Å²) in [7, 11) is -3.99. The van der Waals surface area contributed by atoms with Crippen molar-refractivity contribution >= 4 is 43.3 Å². The smallest absolute Gasteiger partial charge is 0.261 e. The van der Waals surface area contributed by atoms with Crippen molar-refractivity contribution in [3.63, 3.8) is 0 Å². The molecule has 0 spiro atoms. The quantitative estimate of drug-likeness (QED) is 0.156. The van der Waals surface area contributed by atoms with Gasteiger partial charge in [-0.05, 0) is 42.8 Å². The van der Waals surface area contributed by atoms with Gasteiger partial charge in [0.25, 0.3) is 16.6 Å². The van der Waals surface area contributed by atoms with Crippen molar-refractivity contribution in [3.05, 3.63) is 157 Å². The topological polar surface area (TPSA) is 50.8 Å². The van der Waals surface area contributed by atoms with Crippen LogP contribution in [0.5, 0.6) is 0 Å². The van der Waals surface area contributed by atoms with Gasteiger partial charge in [0.05, 0.1) is 24.8 Å². The molecule has 7 heteroatoms. The van der Waals surface area contributed by atoms with Gasteiger partial charge in [0.1, 0.15) is 0 Å². The van der Waals surface area contributed by atoms with Crippen LogP contribution in [-0.4, -0.2) is 65.8 Å². The van der Waals surface area contributed by atoms with E-state index in [1.165, 1.54) is 20.7 Å². The molecule has 0 aliphatic carbocycles. The van der Waals surface area contributed by atoms with Gasteiger partial charge in [-0.25, -0.2) is 0 Å². The van der Waals surface area contributed by atoms with Gasteiger partial charge in [0.15, 0.2) is 0 Å². The first kappa shape index (κ1) is 38.6. The summed E-state index contributed by atoms with van der Waals surface area (Å²) < 4.78 is 15.5. The first-order valence-electron chi connectivity index (χ1n) is 19.0. The summed E-state index contributed by atoms with van der Waals surface area (Å²) in [5, 5.41) is 8.12. The fourth-order valence-corrected chi connectivity index (χ4v) is 17.7. The summed E-state index contributed by atoms with van der Waals surface area (Å²) in [6.45, 7) is 14.7. The van der Waals surface area contributed by atoms with Crippen LogP contribution in [0.3, 0.4) is 0 Å². The molecule has 1 heterocycles. The van der Waals surface area contributed by atoms with Crippen LogP contribution in [0.2, 0.25) is 10.1 Å². The van der Waals surface area contributed by atoms with Crippen molar-refractivity contribution in [2.45, 2.75) is 76.2 Å². The average Bonchev–Trinajstić information content (AvgIpc) is 3.26. The summed E-state index contributed by atoms with van der Waals surface area (Å²) in [6, 6.07) is 52.6. The second-order valence-electron chi connectivity index (χ2n) is 16.5. The molecule has 1 aliphatic heterocycles. The van der Waals surface area contributed by atoms with Gasteiger partial charge in [0, 0.05) is 13.6 Å². The molecule has 0 aromatic heterocycles. The average molecular weight is 741 g/mol. The van der Waals surface area contributed by atoms with E-state index in [2.05, 4.69) is 180 Å². The van der Waals surface area contributed by atoms with Crippen LogP contribution in [0.4, 0.5) is 0 Å². The van der Waals surface area contributed by atoms with E-state index < -0.39 is 22.7 Å². The van der Waals surface area contributed by atoms with Crippen molar-refractivity contribution in [3.8, 4) is 0 Å². The molecule has 1 N–H and O–H groups in total. The third-order valence-electron chi connectivity index (χ3n) is 11.1. The molecule has 0 saturated carbocycles. The molecule has 0 unspecified atom stereocenters. The molecule has 1 fully saturated rings. The Kier molecular flexibility index (Phi) is 11.7. The Balaban J connectivity index is 1.49. The Hall–Kier alpha value is -4.12. The van der Waals surface area contributed by atoms with Crippen LogP contribution in [-0.2, 0) is 20.1 Å². The Morgan fingerprint density at radius 1 is 0.604 bits per heavy atom. The number of amides is 1. The maximum atomic E-state index is 14.6. The molecule has 0 bridgehead atoms. The predicted molar refractivity (Wildman–Crippen MR) is 225 cm³/mol. The maximum Gasteiger partial charge on any atom is 0.261 e. The molecule has 6 rings (SSSR count). The fraction of sp³-hybridized carbons (Fsp3) is 0.326. The van der Waals surface area contributed by atoms with Crippen LogP contribution in [0, 0.1) is 0 Å². The number of nitrogens with zero attached hydrogens (tertiary/aromatic N) is 1. The van der Waals surface area contributed by atoms with Crippen molar-refractivity contribution in [2.75, 3.05) is 20.2 Å². The Labute approximate surface area is 319 Å². The summed E-state index contributed by atoms with van der Waals surface area (Å²) >= 11 is 0. The van der Waals surface area contributed by atoms with Crippen molar-refractivity contribution in [1.82, 2.24) is 10.2 Å². The van der Waals surface area contributed by atoms with Crippen molar-refractivity contribution in [2.24, 2.45) is 0 Å². The van der Waals surface area contributed by atoms with E-state index in [-0.39, 0.29) is 28.1 Å². The maximum absolute atomic E-state index is 14.6. The zero-order valence-corrected chi connectivity index (χ0v) is 34.5. The zero-order chi connectivity index (χ0) is 37.7. The molecular weight excluding hydrogens is 685 g/mol. The van der Waals surface area contributed by atoms with E-state index >= 15 is 0 Å². The van der Waals surface area contributed by atoms with Crippen molar-refractivity contribution < 1.29 is 13.6 Å². The second-order valence-corrected chi connectivity index (χ2v) is 25.0. The highest BCUT2D eigenvalue weighted by atomic mass is 28.4. The molecule has 5 aromatic rings. The minimum Gasteiger partial charge on any atom is -0.405 e. The van der Waals surface area contributed by atoms with E-state index in [0.29, 0.717) is 19.6 Å². The van der Waals surface area contributed by atoms with Gasteiger partial charge >= 0.3 is 0 Å². The Morgan fingerprint density at radius 3 is 1.38 bits per heavy atom. The molecule has 5 aromatic carbocycles. The standard InChI is InChI=1S/C46H56N2O3Si2/c1-45(2,3)52(37-25-15-9-16-26-37,38-27-17-10-18-28-38)50-35-42-43(34-47-41(44(49)48(42)7)33-36-23-13-8-14-24-36)51-53(46(4,5)6,39-29-19-11-20-30-39)40-31-21-12-22-32-40/h8-32,41-43,47H,33-35H2,1-7H3/t41-,42+,43+/m0/s1. The molecular formula is C46H56N2O3Si2. The van der Waals surface area contributed by atoms with Crippen LogP contribution in [0.1, 0.15) is 47.1 Å². The lowest BCUT2D eigenvalue weighted by Gasteiger charge is -2.48. The summed E-state index contributed by atoms with van der Waals surface area (Å²) in [4.78, 5) is 16.6. The third kappa shape index (κ3) is 7.77. The lowest BCUT2D eigenvalue weighted by atomic mass is 10.1. The lowest BCUT2D eigenvalue weighted by molar-refractivity contribution is -0.135. The number of nitrogens with one attached hydrogen (secondary N) is 1. The van der Waals surface area contributed by atoms with E-state index in [1.54, 1.807) is 0 Å². The SMILES string of the molecule is CN1C(=O)[C@H](Cc2ccccc2)NC[C@@H](O[Si](c2ccccc2)(c2ccccc2)C(C)(C)C)[C@H]1CO[Si](c1ccccc1)(c1ccccc1)C(C)(C)C. The monoisotopic (exact) mass is 740 g/mol. The zero-order valence-electron chi connectivity index (χ0n) is 32.5. The summed E-state index contributed by atoms with van der Waals surface area (Å²) in [6.07, 6.45) is 0.229. The fourth-order valence-electron chi connectivity index (χ4n) is 8.38. The van der Waals surface area contributed by atoms with E-state index in [4.69, 9.17) is 8.85 Å². The van der Waals surface area contributed by atoms with Gasteiger partial charge in [-0.2, -0.15) is 0 Å². The van der Waals surface area contributed by atoms with Crippen LogP contribution >= 0.6 is 0 Å². The highest BCUT2D eigenvalue weighted by Crippen LogP contribution is 2.40. The number of likely N-dealkylation sites (N-methyl/N-ethyl adjacent to an activating group) is 1. The number of carbonyl (C=O) groups excluding carboxylic acids is 1. The predicted octanol–water partition coefficient (Wildman–Crippen LogP) is 6.55. The summed E-state index contributed by atoms with van der Waals surface area (Å²) in [5.41, 5.74) is 1.12. The molecule has 0 radical (unpaired) electrons. The highest BCUT2D eigenvalue weighted by Gasteiger charge is 2.55. The van der Waals surface area contributed by atoms with Gasteiger partial charge in [0.2, 0.25) is 5.91 Å². The highest BCUT2D eigenvalue weighted by molar-refractivity contribution is 7.00. The molecule has 5 nitrogen and oxygen atoms in total. The van der Waals surface area contributed by atoms with Gasteiger partial charge in [-0.15, -0.1) is 0 Å². The number of carbonyl (C=O) groups is 1. The van der Waals surface area contributed by atoms with Crippen molar-refractivity contribution in [1.29, 1.82) is 0 Å².